The SMILES string of the molecule is CCC(C)C(C)NC(=O)NCC(=O)NCC(=O)O. The minimum atomic E-state index is -1.13. The molecule has 0 aromatic heterocycles. The first-order chi connectivity index (χ1) is 8.36. The summed E-state index contributed by atoms with van der Waals surface area (Å²) in [7, 11) is 0. The summed E-state index contributed by atoms with van der Waals surface area (Å²) in [6.45, 7) is 5.24. The molecule has 0 aliphatic rings. The van der Waals surface area contributed by atoms with Crippen LogP contribution in [0.3, 0.4) is 0 Å². The molecule has 0 radical (unpaired) electrons. The van der Waals surface area contributed by atoms with Crippen LogP contribution >= 0.6 is 0 Å². The molecule has 0 aliphatic heterocycles. The van der Waals surface area contributed by atoms with E-state index in [1.54, 1.807) is 0 Å². The van der Waals surface area contributed by atoms with Gasteiger partial charge in [-0.15, -0.1) is 0 Å². The van der Waals surface area contributed by atoms with Crippen LogP contribution in [0.2, 0.25) is 0 Å². The van der Waals surface area contributed by atoms with Crippen molar-refractivity contribution in [2.45, 2.75) is 33.2 Å². The second-order valence-electron chi connectivity index (χ2n) is 4.17. The molecule has 0 aromatic carbocycles. The molecule has 0 aliphatic carbocycles. The number of hydrogen-bond donors (Lipinski definition) is 4. The van der Waals surface area contributed by atoms with E-state index in [2.05, 4.69) is 16.0 Å². The standard InChI is InChI=1S/C11H21N3O4/c1-4-7(2)8(3)14-11(18)13-5-9(15)12-6-10(16)17/h7-8H,4-6H2,1-3H3,(H,12,15)(H,16,17)(H2,13,14,18). The first-order valence-corrected chi connectivity index (χ1v) is 5.89. The Bertz CT molecular complexity index is 307. The van der Waals surface area contributed by atoms with Gasteiger partial charge in [-0.2, -0.15) is 0 Å². The van der Waals surface area contributed by atoms with Gasteiger partial charge in [-0.25, -0.2) is 4.79 Å². The number of hydrogen-bond acceptors (Lipinski definition) is 3. The molecule has 0 aromatic rings. The zero-order chi connectivity index (χ0) is 14.1. The van der Waals surface area contributed by atoms with Crippen LogP contribution in [0.1, 0.15) is 27.2 Å². The number of carbonyl (C=O) groups is 3. The first kappa shape index (κ1) is 16.2. The molecule has 2 atom stereocenters. The van der Waals surface area contributed by atoms with E-state index in [0.717, 1.165) is 6.42 Å². The molecule has 0 spiro atoms. The summed E-state index contributed by atoms with van der Waals surface area (Å²) < 4.78 is 0. The number of urea groups is 1. The molecule has 0 heterocycles. The minimum absolute atomic E-state index is 0.0112. The van der Waals surface area contributed by atoms with Crippen molar-refractivity contribution in [2.24, 2.45) is 5.92 Å². The average Bonchev–Trinajstić information content (AvgIpc) is 2.32. The lowest BCUT2D eigenvalue weighted by molar-refractivity contribution is -0.137. The molecular weight excluding hydrogens is 238 g/mol. The Kier molecular flexibility index (Phi) is 7.50. The Hall–Kier alpha value is -1.79. The van der Waals surface area contributed by atoms with Crippen LogP contribution in [0.15, 0.2) is 0 Å². The van der Waals surface area contributed by atoms with Crippen LogP contribution < -0.4 is 16.0 Å². The largest absolute Gasteiger partial charge is 0.480 e. The van der Waals surface area contributed by atoms with Gasteiger partial charge in [0.1, 0.15) is 6.54 Å². The topological polar surface area (TPSA) is 108 Å². The van der Waals surface area contributed by atoms with E-state index >= 15 is 0 Å². The first-order valence-electron chi connectivity index (χ1n) is 5.89. The third kappa shape index (κ3) is 7.48. The summed E-state index contributed by atoms with van der Waals surface area (Å²) in [4.78, 5) is 32.7. The predicted molar refractivity (Wildman–Crippen MR) is 66.1 cm³/mol. The second-order valence-corrected chi connectivity index (χ2v) is 4.17. The molecule has 104 valence electrons. The molecular formula is C11H21N3O4. The summed E-state index contributed by atoms with van der Waals surface area (Å²) in [5.74, 6) is -1.32. The maximum absolute atomic E-state index is 11.4. The maximum atomic E-state index is 11.4. The van der Waals surface area contributed by atoms with Gasteiger partial charge < -0.3 is 21.1 Å². The monoisotopic (exact) mass is 259 g/mol. The lowest BCUT2D eigenvalue weighted by Crippen LogP contribution is -2.47. The van der Waals surface area contributed by atoms with Gasteiger partial charge in [0.25, 0.3) is 0 Å². The quantitative estimate of drug-likeness (QED) is 0.513. The normalized spacial score (nSPS) is 13.3. The van der Waals surface area contributed by atoms with E-state index < -0.39 is 24.5 Å². The van der Waals surface area contributed by atoms with Crippen LogP contribution in [0.25, 0.3) is 0 Å². The van der Waals surface area contributed by atoms with Crippen LogP contribution in [0.5, 0.6) is 0 Å². The summed E-state index contributed by atoms with van der Waals surface area (Å²) in [5.41, 5.74) is 0. The molecule has 0 fully saturated rings. The van der Waals surface area contributed by atoms with Crippen molar-refractivity contribution in [3.63, 3.8) is 0 Å². The van der Waals surface area contributed by atoms with Gasteiger partial charge in [-0.3, -0.25) is 9.59 Å². The molecule has 0 saturated heterocycles. The highest BCUT2D eigenvalue weighted by atomic mass is 16.4. The molecule has 2 unspecified atom stereocenters. The smallest absolute Gasteiger partial charge is 0.322 e. The molecule has 3 amide bonds. The number of rotatable bonds is 7. The average molecular weight is 259 g/mol. The Morgan fingerprint density at radius 3 is 2.22 bits per heavy atom. The Morgan fingerprint density at radius 2 is 1.72 bits per heavy atom. The highest BCUT2D eigenvalue weighted by molar-refractivity contribution is 5.86. The van der Waals surface area contributed by atoms with E-state index in [0.29, 0.717) is 5.92 Å². The maximum Gasteiger partial charge on any atom is 0.322 e. The third-order valence-electron chi connectivity index (χ3n) is 2.70. The second kappa shape index (κ2) is 8.32. The van der Waals surface area contributed by atoms with Crippen LogP contribution in [0.4, 0.5) is 4.79 Å². The van der Waals surface area contributed by atoms with Crippen molar-refractivity contribution in [2.75, 3.05) is 13.1 Å². The fourth-order valence-electron chi connectivity index (χ4n) is 1.15. The van der Waals surface area contributed by atoms with E-state index in [4.69, 9.17) is 5.11 Å². The fourth-order valence-corrected chi connectivity index (χ4v) is 1.15. The highest BCUT2D eigenvalue weighted by Gasteiger charge is 2.13. The molecule has 0 saturated carbocycles. The van der Waals surface area contributed by atoms with Crippen LogP contribution in [0, 0.1) is 5.92 Å². The minimum Gasteiger partial charge on any atom is -0.480 e. The summed E-state index contributed by atoms with van der Waals surface area (Å²) in [6.07, 6.45) is 0.945. The van der Waals surface area contributed by atoms with Gasteiger partial charge >= 0.3 is 12.0 Å². The molecule has 18 heavy (non-hydrogen) atoms. The van der Waals surface area contributed by atoms with Crippen molar-refractivity contribution in [3.05, 3.63) is 0 Å². The van der Waals surface area contributed by atoms with Gasteiger partial charge in [0.15, 0.2) is 0 Å². The number of carbonyl (C=O) groups excluding carboxylic acids is 2. The third-order valence-corrected chi connectivity index (χ3v) is 2.70. The van der Waals surface area contributed by atoms with E-state index in [-0.39, 0.29) is 12.6 Å². The number of carboxylic acid groups (broad SMARTS) is 1. The Labute approximate surface area is 106 Å². The van der Waals surface area contributed by atoms with Crippen LogP contribution in [-0.2, 0) is 9.59 Å². The zero-order valence-electron chi connectivity index (χ0n) is 10.9. The molecule has 7 nitrogen and oxygen atoms in total. The van der Waals surface area contributed by atoms with Gasteiger partial charge in [-0.05, 0) is 12.8 Å². The Balaban J connectivity index is 3.82. The molecule has 0 bridgehead atoms. The van der Waals surface area contributed by atoms with Crippen molar-refractivity contribution in [3.8, 4) is 0 Å². The van der Waals surface area contributed by atoms with Gasteiger partial charge in [0, 0.05) is 6.04 Å². The zero-order valence-corrected chi connectivity index (χ0v) is 10.9. The van der Waals surface area contributed by atoms with Crippen molar-refractivity contribution in [1.82, 2.24) is 16.0 Å². The Morgan fingerprint density at radius 1 is 1.11 bits per heavy atom. The number of carboxylic acids is 1. The van der Waals surface area contributed by atoms with Crippen molar-refractivity contribution >= 4 is 17.9 Å². The molecule has 4 N–H and O–H groups in total. The lowest BCUT2D eigenvalue weighted by atomic mass is 10.0. The molecule has 7 heteroatoms. The predicted octanol–water partition coefficient (Wildman–Crippen LogP) is -0.0790. The summed E-state index contributed by atoms with van der Waals surface area (Å²) in [6, 6.07) is -0.426. The van der Waals surface area contributed by atoms with Crippen molar-refractivity contribution < 1.29 is 19.5 Å². The van der Waals surface area contributed by atoms with E-state index in [9.17, 15) is 14.4 Å². The number of amides is 3. The van der Waals surface area contributed by atoms with E-state index in [1.807, 2.05) is 20.8 Å². The highest BCUT2D eigenvalue weighted by Crippen LogP contribution is 2.05. The van der Waals surface area contributed by atoms with Crippen LogP contribution in [-0.4, -0.2) is 42.1 Å². The summed E-state index contributed by atoms with van der Waals surface area (Å²) >= 11 is 0. The van der Waals surface area contributed by atoms with Gasteiger partial charge in [0.2, 0.25) is 5.91 Å². The number of nitrogens with one attached hydrogen (secondary N) is 3. The van der Waals surface area contributed by atoms with E-state index in [1.165, 1.54) is 0 Å². The fraction of sp³-hybridized carbons (Fsp3) is 0.727. The van der Waals surface area contributed by atoms with Gasteiger partial charge in [0.05, 0.1) is 6.54 Å². The summed E-state index contributed by atoms with van der Waals surface area (Å²) in [5, 5.41) is 15.5. The number of aliphatic carboxylic acids is 1. The van der Waals surface area contributed by atoms with Gasteiger partial charge in [-0.1, -0.05) is 20.3 Å². The molecule has 0 rings (SSSR count). The van der Waals surface area contributed by atoms with Crippen molar-refractivity contribution in [1.29, 1.82) is 0 Å². The lowest BCUT2D eigenvalue weighted by Gasteiger charge is -2.19.